The Bertz CT molecular complexity index is 1280. The molecule has 0 bridgehead atoms. The lowest BCUT2D eigenvalue weighted by Crippen LogP contribution is -2.11. The fraction of sp³-hybridized carbons (Fsp3) is 0.211. The highest BCUT2D eigenvalue weighted by molar-refractivity contribution is 7.86. The lowest BCUT2D eigenvalue weighted by atomic mass is 10.2. The van der Waals surface area contributed by atoms with Crippen molar-refractivity contribution >= 4 is 39.2 Å². The number of aryl methyl sites for hydroxylation is 1. The number of fused-ring (bicyclic) bond motifs is 1. The van der Waals surface area contributed by atoms with Crippen LogP contribution in [0.4, 0.5) is 26.0 Å². The van der Waals surface area contributed by atoms with Gasteiger partial charge in [-0.3, -0.25) is 4.57 Å². The second-order valence-corrected chi connectivity index (χ2v) is 7.91. The highest BCUT2D eigenvalue weighted by Crippen LogP contribution is 2.30. The Hall–Kier alpha value is -3.54. The summed E-state index contributed by atoms with van der Waals surface area (Å²) in [5.74, 6) is -1.03. The van der Waals surface area contributed by atoms with E-state index in [-0.39, 0.29) is 17.0 Å². The number of rotatable bonds is 7. The molecule has 0 saturated heterocycles. The van der Waals surface area contributed by atoms with Gasteiger partial charge < -0.3 is 10.0 Å². The van der Waals surface area contributed by atoms with Gasteiger partial charge in [-0.15, -0.1) is 0 Å². The summed E-state index contributed by atoms with van der Waals surface area (Å²) in [7, 11) is -1.48. The number of benzene rings is 1. The first-order valence-electron chi connectivity index (χ1n) is 9.35. The Labute approximate surface area is 178 Å². The molecule has 4 rings (SSSR count). The highest BCUT2D eigenvalue weighted by Gasteiger charge is 2.18. The number of imidazole rings is 1. The summed E-state index contributed by atoms with van der Waals surface area (Å²) in [6.07, 6.45) is 6.67. The van der Waals surface area contributed by atoms with E-state index in [1.54, 1.807) is 17.1 Å². The van der Waals surface area contributed by atoms with Gasteiger partial charge >= 0.3 is 0 Å². The minimum Gasteiger partial charge on any atom is -0.333 e. The second-order valence-electron chi connectivity index (χ2n) is 6.61. The summed E-state index contributed by atoms with van der Waals surface area (Å²) in [4.78, 5) is 21.0. The Morgan fingerprint density at radius 2 is 2.00 bits per heavy atom. The molecular weight excluding hydrogens is 426 g/mol. The van der Waals surface area contributed by atoms with Gasteiger partial charge in [0.15, 0.2) is 11.6 Å². The quantitative estimate of drug-likeness (QED) is 0.449. The number of hydrogen-bond donors (Lipinski definition) is 2. The third kappa shape index (κ3) is 4.33. The van der Waals surface area contributed by atoms with Gasteiger partial charge in [0.05, 0.1) is 17.6 Å². The summed E-state index contributed by atoms with van der Waals surface area (Å²) < 4.78 is 45.5. The molecule has 9 nitrogen and oxygen atoms in total. The van der Waals surface area contributed by atoms with Crippen LogP contribution in [0.3, 0.4) is 0 Å². The average Bonchev–Trinajstić information content (AvgIpc) is 3.19. The van der Waals surface area contributed by atoms with Gasteiger partial charge in [0.2, 0.25) is 5.95 Å². The number of aromatic nitrogens is 6. The summed E-state index contributed by atoms with van der Waals surface area (Å²) in [6, 6.07) is 2.28. The molecule has 12 heteroatoms. The van der Waals surface area contributed by atoms with Gasteiger partial charge in [-0.2, -0.15) is 0 Å². The van der Waals surface area contributed by atoms with Crippen molar-refractivity contribution in [3.8, 4) is 5.95 Å². The Morgan fingerprint density at radius 3 is 2.74 bits per heavy atom. The maximum absolute atomic E-state index is 15.0. The van der Waals surface area contributed by atoms with E-state index in [0.717, 1.165) is 11.8 Å². The maximum atomic E-state index is 15.0. The van der Waals surface area contributed by atoms with E-state index in [4.69, 9.17) is 0 Å². The molecule has 1 atom stereocenters. The van der Waals surface area contributed by atoms with E-state index in [9.17, 15) is 13.0 Å². The van der Waals surface area contributed by atoms with E-state index in [0.29, 0.717) is 23.6 Å². The molecule has 1 aromatic carbocycles. The van der Waals surface area contributed by atoms with Crippen LogP contribution in [0.25, 0.3) is 17.0 Å². The smallest absolute Gasteiger partial charge is 0.235 e. The van der Waals surface area contributed by atoms with Crippen LogP contribution in [0.5, 0.6) is 0 Å². The standard InChI is InChI=1S/C19H18F2N8OS/c1-3-6-31(30)28-13-5-4-12(20)16(15(13)21)26-18-17-14(23-9-24-18)7-22-19(27-17)29-8-11(2)25-10-29/h4-5,7-10,28H,3,6H2,1-2H3,(H,23,24,26). The minimum absolute atomic E-state index is 0.0850. The summed E-state index contributed by atoms with van der Waals surface area (Å²) in [6.45, 7) is 3.68. The number of halogens is 2. The molecule has 3 aromatic heterocycles. The van der Waals surface area contributed by atoms with Gasteiger partial charge in [-0.05, 0) is 25.5 Å². The molecule has 0 radical (unpaired) electrons. The van der Waals surface area contributed by atoms with E-state index < -0.39 is 28.3 Å². The van der Waals surface area contributed by atoms with Crippen LogP contribution in [-0.2, 0) is 11.0 Å². The zero-order valence-electron chi connectivity index (χ0n) is 16.6. The molecule has 3 heterocycles. The monoisotopic (exact) mass is 444 g/mol. The van der Waals surface area contributed by atoms with Gasteiger partial charge in [0.1, 0.15) is 46.2 Å². The Balaban J connectivity index is 1.74. The summed E-state index contributed by atoms with van der Waals surface area (Å²) in [5, 5.41) is 2.66. The van der Waals surface area contributed by atoms with Gasteiger partial charge in [-0.25, -0.2) is 37.9 Å². The third-order valence-corrected chi connectivity index (χ3v) is 5.48. The van der Waals surface area contributed by atoms with Crippen molar-refractivity contribution in [2.45, 2.75) is 20.3 Å². The van der Waals surface area contributed by atoms with Crippen LogP contribution in [0.1, 0.15) is 19.0 Å². The van der Waals surface area contributed by atoms with Gasteiger partial charge in [-0.1, -0.05) is 6.92 Å². The van der Waals surface area contributed by atoms with Crippen molar-refractivity contribution in [3.63, 3.8) is 0 Å². The largest absolute Gasteiger partial charge is 0.333 e. The van der Waals surface area contributed by atoms with E-state index >= 15 is 0 Å². The molecule has 2 N–H and O–H groups in total. The molecule has 0 spiro atoms. The summed E-state index contributed by atoms with van der Waals surface area (Å²) in [5.41, 5.74) is 0.901. The second kappa shape index (κ2) is 8.68. The lowest BCUT2D eigenvalue weighted by molar-refractivity contribution is 0.593. The normalized spacial score (nSPS) is 12.1. The average molecular weight is 444 g/mol. The van der Waals surface area contributed by atoms with Crippen LogP contribution in [0.15, 0.2) is 37.2 Å². The first-order chi connectivity index (χ1) is 15.0. The van der Waals surface area contributed by atoms with Crippen LogP contribution < -0.4 is 10.0 Å². The number of nitrogens with one attached hydrogen (secondary N) is 2. The third-order valence-electron chi connectivity index (χ3n) is 4.26. The molecule has 4 aromatic rings. The zero-order valence-corrected chi connectivity index (χ0v) is 17.5. The van der Waals surface area contributed by atoms with Crippen LogP contribution in [0.2, 0.25) is 0 Å². The molecule has 0 aliphatic heterocycles. The molecule has 0 aliphatic carbocycles. The molecule has 0 fully saturated rings. The Kier molecular flexibility index (Phi) is 5.80. The van der Waals surface area contributed by atoms with Crippen LogP contribution in [0, 0.1) is 18.6 Å². The number of nitrogens with zero attached hydrogens (tertiary/aromatic N) is 6. The highest BCUT2D eigenvalue weighted by atomic mass is 32.2. The SMILES string of the molecule is CCCS(=O)Nc1ccc(F)c(Nc2ncnc3cnc(-n4cnc(C)c4)nc23)c1F. The molecule has 1 unspecified atom stereocenters. The van der Waals surface area contributed by atoms with Crippen molar-refractivity contribution in [2.75, 3.05) is 15.8 Å². The molecule has 0 saturated carbocycles. The van der Waals surface area contributed by atoms with Crippen molar-refractivity contribution in [3.05, 3.63) is 54.5 Å². The molecule has 160 valence electrons. The Morgan fingerprint density at radius 1 is 1.16 bits per heavy atom. The fourth-order valence-electron chi connectivity index (χ4n) is 2.81. The van der Waals surface area contributed by atoms with Crippen molar-refractivity contribution < 1.29 is 13.0 Å². The van der Waals surface area contributed by atoms with Gasteiger partial charge in [0.25, 0.3) is 0 Å². The van der Waals surface area contributed by atoms with Crippen LogP contribution in [-0.4, -0.2) is 39.4 Å². The number of hydrogen-bond acceptors (Lipinski definition) is 7. The molecule has 0 aliphatic rings. The number of anilines is 3. The molecular formula is C19H18F2N8OS. The lowest BCUT2D eigenvalue weighted by Gasteiger charge is -2.13. The first kappa shape index (κ1) is 20.7. The van der Waals surface area contributed by atoms with Crippen molar-refractivity contribution in [1.29, 1.82) is 0 Å². The van der Waals surface area contributed by atoms with E-state index in [1.807, 2.05) is 13.8 Å². The van der Waals surface area contributed by atoms with Crippen molar-refractivity contribution in [2.24, 2.45) is 0 Å². The fourth-order valence-corrected chi connectivity index (χ4v) is 3.69. The minimum atomic E-state index is -1.48. The van der Waals surface area contributed by atoms with Crippen molar-refractivity contribution in [1.82, 2.24) is 29.5 Å². The predicted octanol–water partition coefficient (Wildman–Crippen LogP) is 3.42. The molecule has 0 amide bonds. The maximum Gasteiger partial charge on any atom is 0.235 e. The van der Waals surface area contributed by atoms with Gasteiger partial charge in [0, 0.05) is 11.9 Å². The summed E-state index contributed by atoms with van der Waals surface area (Å²) >= 11 is 0. The zero-order chi connectivity index (χ0) is 22.0. The van der Waals surface area contributed by atoms with E-state index in [2.05, 4.69) is 35.0 Å². The topological polar surface area (TPSA) is 111 Å². The predicted molar refractivity (Wildman–Crippen MR) is 114 cm³/mol. The van der Waals surface area contributed by atoms with Crippen LogP contribution >= 0.6 is 0 Å². The molecule has 31 heavy (non-hydrogen) atoms. The first-order valence-corrected chi connectivity index (χ1v) is 10.7. The van der Waals surface area contributed by atoms with E-state index in [1.165, 1.54) is 18.6 Å².